The van der Waals surface area contributed by atoms with Gasteiger partial charge >= 0.3 is 0 Å². The highest BCUT2D eigenvalue weighted by molar-refractivity contribution is 6.50. The number of halogens is 4. The van der Waals surface area contributed by atoms with Crippen molar-refractivity contribution < 1.29 is 28.2 Å². The first kappa shape index (κ1) is 22.5. The van der Waals surface area contributed by atoms with Crippen molar-refractivity contribution in [3.8, 4) is 5.75 Å². The van der Waals surface area contributed by atoms with E-state index in [1.165, 1.54) is 35.0 Å². The standard InChI is InChI=1S/C22H13Cl2F2N3O4/c23-14-9-29(33)10-15(24)19(14)27-22(32)21(31)12-7-28(20-11(12)3-1-6-18(20)30)8-13-16(25)4-2-5-17(13)26/h1-7,9-10,30H,8H2,(H,27,32). The number of nitrogens with one attached hydrogen (secondary N) is 1. The molecule has 7 nitrogen and oxygen atoms in total. The van der Waals surface area contributed by atoms with Gasteiger partial charge in [0.05, 0.1) is 23.3 Å². The maximum absolute atomic E-state index is 14.2. The molecule has 2 N–H and O–H groups in total. The number of phenolic OH excluding ortho intramolecular Hbond substituents is 1. The smallest absolute Gasteiger partial charge is 0.296 e. The molecule has 4 rings (SSSR count). The number of hydrogen-bond acceptors (Lipinski definition) is 4. The zero-order chi connectivity index (χ0) is 23.9. The van der Waals surface area contributed by atoms with E-state index in [1.54, 1.807) is 0 Å². The van der Waals surface area contributed by atoms with E-state index in [0.717, 1.165) is 24.5 Å². The van der Waals surface area contributed by atoms with Gasteiger partial charge in [-0.05, 0) is 18.2 Å². The van der Waals surface area contributed by atoms with Crippen molar-refractivity contribution in [2.24, 2.45) is 0 Å². The van der Waals surface area contributed by atoms with Crippen LogP contribution < -0.4 is 10.0 Å². The second-order valence-corrected chi connectivity index (χ2v) is 7.83. The monoisotopic (exact) mass is 491 g/mol. The Morgan fingerprint density at radius 1 is 1.06 bits per heavy atom. The normalized spacial score (nSPS) is 11.0. The Morgan fingerprint density at radius 2 is 1.67 bits per heavy atom. The molecule has 33 heavy (non-hydrogen) atoms. The van der Waals surface area contributed by atoms with Gasteiger partial charge in [-0.3, -0.25) is 9.59 Å². The maximum atomic E-state index is 14.2. The minimum Gasteiger partial charge on any atom is -0.619 e. The SMILES string of the molecule is O=C(Nc1c(Cl)c[n+]([O-])cc1Cl)C(=O)c1cn(Cc2c(F)cccc2F)c2c(O)cccc12. The highest BCUT2D eigenvalue weighted by Crippen LogP contribution is 2.32. The number of anilines is 1. The number of aromatic hydroxyl groups is 1. The molecule has 1 amide bonds. The lowest BCUT2D eigenvalue weighted by molar-refractivity contribution is -0.605. The molecule has 2 heterocycles. The van der Waals surface area contributed by atoms with E-state index in [4.69, 9.17) is 23.2 Å². The summed E-state index contributed by atoms with van der Waals surface area (Å²) in [5, 5.41) is 23.8. The number of fused-ring (bicyclic) bond motifs is 1. The molecule has 0 radical (unpaired) electrons. The number of benzene rings is 2. The van der Waals surface area contributed by atoms with Crippen molar-refractivity contribution in [3.05, 3.63) is 93.0 Å². The Kier molecular flexibility index (Phi) is 5.92. The number of pyridine rings is 1. The van der Waals surface area contributed by atoms with Crippen LogP contribution in [0.2, 0.25) is 10.0 Å². The number of phenols is 1. The van der Waals surface area contributed by atoms with Crippen molar-refractivity contribution in [1.82, 2.24) is 4.57 Å². The predicted molar refractivity (Wildman–Crippen MR) is 117 cm³/mol. The van der Waals surface area contributed by atoms with Crippen LogP contribution >= 0.6 is 23.2 Å². The van der Waals surface area contributed by atoms with Gasteiger partial charge in [-0.25, -0.2) is 8.78 Å². The summed E-state index contributed by atoms with van der Waals surface area (Å²) in [6, 6.07) is 7.66. The molecule has 0 unspecified atom stereocenters. The van der Waals surface area contributed by atoms with Crippen LogP contribution in [-0.2, 0) is 11.3 Å². The number of Topliss-reactive ketones (excluding diaryl/α,β-unsaturated/α-hetero) is 1. The number of amides is 1. The minimum absolute atomic E-state index is 0.111. The Balaban J connectivity index is 1.75. The number of hydrogen-bond donors (Lipinski definition) is 2. The quantitative estimate of drug-likeness (QED) is 0.186. The van der Waals surface area contributed by atoms with Crippen LogP contribution in [0, 0.1) is 16.8 Å². The van der Waals surface area contributed by atoms with E-state index in [2.05, 4.69) is 5.32 Å². The third kappa shape index (κ3) is 4.20. The first-order valence-electron chi connectivity index (χ1n) is 9.34. The van der Waals surface area contributed by atoms with Crippen molar-refractivity contribution in [3.63, 3.8) is 0 Å². The number of nitrogens with zero attached hydrogens (tertiary/aromatic N) is 2. The molecule has 4 aromatic rings. The molecule has 0 saturated heterocycles. The molecule has 2 aromatic carbocycles. The van der Waals surface area contributed by atoms with Gasteiger partial charge in [-0.2, -0.15) is 4.73 Å². The topological polar surface area (TPSA) is 98.3 Å². The molecule has 0 fully saturated rings. The lowest BCUT2D eigenvalue weighted by Crippen LogP contribution is -2.27. The van der Waals surface area contributed by atoms with Crippen LogP contribution in [0.15, 0.2) is 55.0 Å². The maximum Gasteiger partial charge on any atom is 0.296 e. The van der Waals surface area contributed by atoms with Gasteiger partial charge in [0.2, 0.25) is 12.4 Å². The number of carbonyl (C=O) groups is 2. The summed E-state index contributed by atoms with van der Waals surface area (Å²) < 4.78 is 30.0. The lowest BCUT2D eigenvalue weighted by atomic mass is 10.1. The number of carbonyl (C=O) groups excluding carboxylic acids is 2. The molecule has 168 valence electrons. The van der Waals surface area contributed by atoms with Gasteiger partial charge in [0.25, 0.3) is 11.7 Å². The molecular formula is C22H13Cl2F2N3O4. The summed E-state index contributed by atoms with van der Waals surface area (Å²) >= 11 is 11.9. The molecule has 0 atom stereocenters. The zero-order valence-corrected chi connectivity index (χ0v) is 18.0. The molecular weight excluding hydrogens is 479 g/mol. The molecule has 0 aliphatic carbocycles. The van der Waals surface area contributed by atoms with Crippen LogP contribution in [-0.4, -0.2) is 21.4 Å². The molecule has 11 heteroatoms. The summed E-state index contributed by atoms with van der Waals surface area (Å²) in [5.74, 6) is -4.01. The first-order chi connectivity index (χ1) is 15.7. The summed E-state index contributed by atoms with van der Waals surface area (Å²) in [5.41, 5.74) is -0.435. The molecule has 0 aliphatic rings. The molecule has 0 bridgehead atoms. The van der Waals surface area contributed by atoms with Gasteiger partial charge in [-0.1, -0.05) is 41.4 Å². The van der Waals surface area contributed by atoms with Gasteiger partial charge in [0.1, 0.15) is 27.4 Å². The van der Waals surface area contributed by atoms with E-state index < -0.39 is 23.3 Å². The summed E-state index contributed by atoms with van der Waals surface area (Å²) in [6.45, 7) is -0.346. The summed E-state index contributed by atoms with van der Waals surface area (Å²) in [7, 11) is 0. The van der Waals surface area contributed by atoms with Crippen molar-refractivity contribution in [2.45, 2.75) is 6.54 Å². The molecule has 0 saturated carbocycles. The second-order valence-electron chi connectivity index (χ2n) is 7.02. The van der Waals surface area contributed by atoms with E-state index in [1.807, 2.05) is 0 Å². The van der Waals surface area contributed by atoms with Gasteiger partial charge in [0.15, 0.2) is 0 Å². The number of para-hydroxylation sites is 1. The van der Waals surface area contributed by atoms with Gasteiger partial charge in [-0.15, -0.1) is 0 Å². The van der Waals surface area contributed by atoms with E-state index in [-0.39, 0.29) is 50.1 Å². The van der Waals surface area contributed by atoms with Crippen LogP contribution in [0.4, 0.5) is 14.5 Å². The fraction of sp³-hybridized carbons (Fsp3) is 0.0455. The predicted octanol–water partition coefficient (Wildman–Crippen LogP) is 4.44. The lowest BCUT2D eigenvalue weighted by Gasteiger charge is -2.08. The van der Waals surface area contributed by atoms with Gasteiger partial charge < -0.3 is 20.2 Å². The van der Waals surface area contributed by atoms with Crippen LogP contribution in [0.5, 0.6) is 5.75 Å². The van der Waals surface area contributed by atoms with Crippen molar-refractivity contribution in [2.75, 3.05) is 5.32 Å². The highest BCUT2D eigenvalue weighted by atomic mass is 35.5. The van der Waals surface area contributed by atoms with E-state index >= 15 is 0 Å². The van der Waals surface area contributed by atoms with Crippen molar-refractivity contribution in [1.29, 1.82) is 0 Å². The number of ketones is 1. The highest BCUT2D eigenvalue weighted by Gasteiger charge is 2.25. The minimum atomic E-state index is -1.12. The Labute approximate surface area is 195 Å². The Bertz CT molecular complexity index is 1400. The van der Waals surface area contributed by atoms with Gasteiger partial charge in [0, 0.05) is 17.1 Å². The summed E-state index contributed by atoms with van der Waals surface area (Å²) in [6.07, 6.45) is 3.11. The first-order valence-corrected chi connectivity index (χ1v) is 10.1. The Morgan fingerprint density at radius 3 is 2.30 bits per heavy atom. The fourth-order valence-corrected chi connectivity index (χ4v) is 3.95. The third-order valence-corrected chi connectivity index (χ3v) is 5.49. The molecule has 0 aliphatic heterocycles. The fourth-order valence-electron chi connectivity index (χ4n) is 3.42. The number of rotatable bonds is 5. The zero-order valence-electron chi connectivity index (χ0n) is 16.5. The van der Waals surface area contributed by atoms with E-state index in [0.29, 0.717) is 4.73 Å². The van der Waals surface area contributed by atoms with Crippen LogP contribution in [0.1, 0.15) is 15.9 Å². The average molecular weight is 492 g/mol. The average Bonchev–Trinajstić information content (AvgIpc) is 3.12. The second kappa shape index (κ2) is 8.68. The number of aromatic nitrogens is 2. The summed E-state index contributed by atoms with van der Waals surface area (Å²) in [4.78, 5) is 25.6. The van der Waals surface area contributed by atoms with Crippen LogP contribution in [0.25, 0.3) is 10.9 Å². The van der Waals surface area contributed by atoms with E-state index in [9.17, 15) is 28.7 Å². The van der Waals surface area contributed by atoms with Crippen LogP contribution in [0.3, 0.4) is 0 Å². The molecule has 2 aromatic heterocycles. The Hall–Kier alpha value is -3.69. The third-order valence-electron chi connectivity index (χ3n) is 4.92. The van der Waals surface area contributed by atoms with Crippen molar-refractivity contribution >= 4 is 51.5 Å². The largest absolute Gasteiger partial charge is 0.619 e. The molecule has 0 spiro atoms.